The van der Waals surface area contributed by atoms with E-state index in [2.05, 4.69) is 5.32 Å². The van der Waals surface area contributed by atoms with Crippen LogP contribution in [0.4, 0.5) is 11.4 Å². The Morgan fingerprint density at radius 1 is 1.09 bits per heavy atom. The zero-order chi connectivity index (χ0) is 23.5. The largest absolute Gasteiger partial charge is 0.452 e. The number of ether oxygens (including phenoxy) is 1. The van der Waals surface area contributed by atoms with Crippen molar-refractivity contribution in [2.75, 3.05) is 44.0 Å². The molecule has 3 rings (SSSR count). The smallest absolute Gasteiger partial charge is 0.340 e. The van der Waals surface area contributed by atoms with E-state index in [0.29, 0.717) is 11.4 Å². The van der Waals surface area contributed by atoms with Gasteiger partial charge < -0.3 is 15.0 Å². The number of benzene rings is 2. The predicted molar refractivity (Wildman–Crippen MR) is 124 cm³/mol. The van der Waals surface area contributed by atoms with Crippen LogP contribution in [0.2, 0.25) is 0 Å². The molecule has 0 unspecified atom stereocenters. The quantitative estimate of drug-likeness (QED) is 0.640. The summed E-state index contributed by atoms with van der Waals surface area (Å²) < 4.78 is 31.5. The molecule has 9 heteroatoms. The number of rotatable bonds is 7. The van der Waals surface area contributed by atoms with Crippen LogP contribution in [0.15, 0.2) is 41.3 Å². The lowest BCUT2D eigenvalue weighted by Crippen LogP contribution is -2.26. The van der Waals surface area contributed by atoms with Gasteiger partial charge in [-0.1, -0.05) is 12.1 Å². The van der Waals surface area contributed by atoms with Gasteiger partial charge in [0, 0.05) is 32.9 Å². The number of carbonyl (C=O) groups is 2. The van der Waals surface area contributed by atoms with E-state index in [0.717, 1.165) is 41.4 Å². The molecule has 172 valence electrons. The van der Waals surface area contributed by atoms with Crippen LogP contribution in [0, 0.1) is 13.8 Å². The molecule has 1 heterocycles. The Bertz CT molecular complexity index is 1120. The van der Waals surface area contributed by atoms with E-state index in [-0.39, 0.29) is 10.5 Å². The predicted octanol–water partition coefficient (Wildman–Crippen LogP) is 2.95. The molecule has 0 bridgehead atoms. The lowest BCUT2D eigenvalue weighted by atomic mass is 10.1. The summed E-state index contributed by atoms with van der Waals surface area (Å²) in [5.41, 5.74) is 3.37. The van der Waals surface area contributed by atoms with Crippen LogP contribution in [-0.4, -0.2) is 58.4 Å². The number of anilines is 2. The van der Waals surface area contributed by atoms with E-state index in [1.54, 1.807) is 12.1 Å². The van der Waals surface area contributed by atoms with E-state index < -0.39 is 28.5 Å². The van der Waals surface area contributed by atoms with E-state index in [9.17, 15) is 18.0 Å². The molecule has 2 aromatic carbocycles. The maximum atomic E-state index is 12.9. The van der Waals surface area contributed by atoms with Gasteiger partial charge in [0.15, 0.2) is 6.61 Å². The molecule has 1 aliphatic heterocycles. The number of nitrogens with zero attached hydrogens (tertiary/aromatic N) is 2. The van der Waals surface area contributed by atoms with Crippen molar-refractivity contribution in [2.24, 2.45) is 0 Å². The van der Waals surface area contributed by atoms with Gasteiger partial charge in [-0.05, 0) is 62.1 Å². The lowest BCUT2D eigenvalue weighted by Gasteiger charge is -2.22. The second-order valence-electron chi connectivity index (χ2n) is 8.03. The van der Waals surface area contributed by atoms with Crippen molar-refractivity contribution in [1.82, 2.24) is 4.31 Å². The van der Waals surface area contributed by atoms with Gasteiger partial charge in [0.25, 0.3) is 5.91 Å². The third-order valence-corrected chi connectivity index (χ3v) is 7.44. The van der Waals surface area contributed by atoms with Gasteiger partial charge in [-0.15, -0.1) is 0 Å². The van der Waals surface area contributed by atoms with E-state index >= 15 is 0 Å². The van der Waals surface area contributed by atoms with Crippen LogP contribution in [0.5, 0.6) is 0 Å². The highest BCUT2D eigenvalue weighted by atomic mass is 32.2. The highest BCUT2D eigenvalue weighted by Crippen LogP contribution is 2.29. The summed E-state index contributed by atoms with van der Waals surface area (Å²) in [6.07, 6.45) is 1.98. The minimum atomic E-state index is -3.73. The van der Waals surface area contributed by atoms with Gasteiger partial charge in [0.1, 0.15) is 0 Å². The number of amides is 1. The fourth-order valence-electron chi connectivity index (χ4n) is 3.57. The van der Waals surface area contributed by atoms with Crippen molar-refractivity contribution >= 4 is 33.3 Å². The first-order valence-corrected chi connectivity index (χ1v) is 11.9. The van der Waals surface area contributed by atoms with Crippen LogP contribution in [0.25, 0.3) is 0 Å². The van der Waals surface area contributed by atoms with Crippen molar-refractivity contribution < 1.29 is 22.7 Å². The van der Waals surface area contributed by atoms with Crippen LogP contribution >= 0.6 is 0 Å². The third-order valence-electron chi connectivity index (χ3n) is 5.63. The maximum absolute atomic E-state index is 12.9. The van der Waals surface area contributed by atoms with Crippen LogP contribution in [0.1, 0.15) is 34.3 Å². The zero-order valence-electron chi connectivity index (χ0n) is 18.8. The summed E-state index contributed by atoms with van der Waals surface area (Å²) in [5.74, 6) is -1.20. The molecular weight excluding hydrogens is 430 g/mol. The minimum Gasteiger partial charge on any atom is -0.452 e. The van der Waals surface area contributed by atoms with Crippen LogP contribution in [0.3, 0.4) is 0 Å². The summed E-state index contributed by atoms with van der Waals surface area (Å²) >= 11 is 0. The maximum Gasteiger partial charge on any atom is 0.340 e. The molecule has 0 atom stereocenters. The summed E-state index contributed by atoms with van der Waals surface area (Å²) in [6.45, 7) is 4.91. The standard InChI is InChI=1S/C23H29N3O5S/c1-16-8-7-9-20(17(16)2)24-22(27)15-31-23(28)19-14-18(32(29,30)25(3)4)10-11-21(19)26-12-5-6-13-26/h7-11,14H,5-6,12-13,15H2,1-4H3,(H,24,27). The first kappa shape index (κ1) is 23.7. The fourth-order valence-corrected chi connectivity index (χ4v) is 4.49. The van der Waals surface area contributed by atoms with Crippen molar-refractivity contribution in [3.05, 3.63) is 53.1 Å². The second kappa shape index (κ2) is 9.70. The van der Waals surface area contributed by atoms with Gasteiger partial charge in [0.2, 0.25) is 10.0 Å². The lowest BCUT2D eigenvalue weighted by molar-refractivity contribution is -0.119. The molecule has 0 aromatic heterocycles. The van der Waals surface area contributed by atoms with Crippen molar-refractivity contribution in [2.45, 2.75) is 31.6 Å². The van der Waals surface area contributed by atoms with E-state index in [4.69, 9.17) is 4.74 Å². The summed E-state index contributed by atoms with van der Waals surface area (Å²) in [5, 5.41) is 2.75. The normalized spacial score (nSPS) is 14.0. The molecule has 1 N–H and O–H groups in total. The molecule has 8 nitrogen and oxygen atoms in total. The number of carbonyl (C=O) groups excluding carboxylic acids is 2. The first-order valence-electron chi connectivity index (χ1n) is 10.5. The van der Waals surface area contributed by atoms with Gasteiger partial charge in [0.05, 0.1) is 16.1 Å². The Hall–Kier alpha value is -2.91. The average molecular weight is 460 g/mol. The van der Waals surface area contributed by atoms with Crippen LogP contribution in [-0.2, 0) is 19.6 Å². The molecule has 1 aliphatic rings. The number of nitrogens with one attached hydrogen (secondary N) is 1. The van der Waals surface area contributed by atoms with Gasteiger partial charge in [-0.2, -0.15) is 0 Å². The highest BCUT2D eigenvalue weighted by Gasteiger charge is 2.25. The zero-order valence-corrected chi connectivity index (χ0v) is 19.7. The van der Waals surface area contributed by atoms with Gasteiger partial charge in [-0.3, -0.25) is 4.79 Å². The first-order chi connectivity index (χ1) is 15.1. The van der Waals surface area contributed by atoms with Gasteiger partial charge >= 0.3 is 5.97 Å². The number of esters is 1. The molecule has 0 radical (unpaired) electrons. The Labute approximate surface area is 189 Å². The molecule has 0 spiro atoms. The Morgan fingerprint density at radius 2 is 1.78 bits per heavy atom. The Balaban J connectivity index is 1.80. The molecule has 1 fully saturated rings. The van der Waals surface area contributed by atoms with Crippen molar-refractivity contribution in [3.63, 3.8) is 0 Å². The Morgan fingerprint density at radius 3 is 2.44 bits per heavy atom. The SMILES string of the molecule is Cc1cccc(NC(=O)COC(=O)c2cc(S(=O)(=O)N(C)C)ccc2N2CCCC2)c1C. The number of hydrogen-bond acceptors (Lipinski definition) is 6. The molecular formula is C23H29N3O5S. The molecule has 0 aliphatic carbocycles. The summed E-state index contributed by atoms with van der Waals surface area (Å²) in [7, 11) is -0.866. The minimum absolute atomic E-state index is 0.00256. The highest BCUT2D eigenvalue weighted by molar-refractivity contribution is 7.89. The topological polar surface area (TPSA) is 96.0 Å². The molecule has 0 saturated carbocycles. The monoisotopic (exact) mass is 459 g/mol. The number of sulfonamides is 1. The Kier molecular flexibility index (Phi) is 7.20. The number of hydrogen-bond donors (Lipinski definition) is 1. The van der Waals surface area contributed by atoms with Crippen molar-refractivity contribution in [3.8, 4) is 0 Å². The van der Waals surface area contributed by atoms with Gasteiger partial charge in [-0.25, -0.2) is 17.5 Å². The fraction of sp³-hybridized carbons (Fsp3) is 0.391. The average Bonchev–Trinajstić information content (AvgIpc) is 3.29. The summed E-state index contributed by atoms with van der Waals surface area (Å²) in [4.78, 5) is 27.3. The number of aryl methyl sites for hydroxylation is 1. The third kappa shape index (κ3) is 5.11. The molecule has 1 amide bonds. The van der Waals surface area contributed by atoms with Crippen LogP contribution < -0.4 is 10.2 Å². The summed E-state index contributed by atoms with van der Waals surface area (Å²) in [6, 6.07) is 10.0. The molecule has 32 heavy (non-hydrogen) atoms. The molecule has 2 aromatic rings. The van der Waals surface area contributed by atoms with Crippen molar-refractivity contribution in [1.29, 1.82) is 0 Å². The second-order valence-corrected chi connectivity index (χ2v) is 10.2. The van der Waals surface area contributed by atoms with E-state index in [1.165, 1.54) is 26.2 Å². The van der Waals surface area contributed by atoms with E-state index in [1.807, 2.05) is 30.9 Å². The molecule has 1 saturated heterocycles.